The van der Waals surface area contributed by atoms with Crippen LogP contribution in [0, 0.1) is 11.7 Å². The molecule has 0 saturated carbocycles. The molecule has 1 N–H and O–H groups in total. The van der Waals surface area contributed by atoms with Gasteiger partial charge in [0.1, 0.15) is 0 Å². The zero-order valence-electron chi connectivity index (χ0n) is 9.40. The molecule has 0 aromatic carbocycles. The number of nitrogens with one attached hydrogen (secondary N) is 1. The molecule has 2 aromatic rings. The first-order valence-corrected chi connectivity index (χ1v) is 5.70. The Hall–Kier alpha value is -1.49. The Morgan fingerprint density at radius 3 is 3.00 bits per heavy atom. The van der Waals surface area contributed by atoms with E-state index < -0.39 is 0 Å². The molecular weight excluding hydrogens is 220 g/mol. The summed E-state index contributed by atoms with van der Waals surface area (Å²) in [7, 11) is 0. The van der Waals surface area contributed by atoms with Crippen LogP contribution in [0.15, 0.2) is 18.5 Å². The van der Waals surface area contributed by atoms with Crippen LogP contribution >= 0.6 is 12.2 Å². The van der Waals surface area contributed by atoms with Gasteiger partial charge in [-0.05, 0) is 31.6 Å². The Morgan fingerprint density at radius 2 is 2.31 bits per heavy atom. The molecule has 0 saturated heterocycles. The monoisotopic (exact) mass is 234 g/mol. The topological polar surface area (TPSA) is 46.5 Å². The largest absolute Gasteiger partial charge is 0.335 e. The second-order valence-corrected chi connectivity index (χ2v) is 4.13. The zero-order valence-corrected chi connectivity index (χ0v) is 10.2. The molecule has 0 unspecified atom stereocenters. The van der Waals surface area contributed by atoms with Crippen LogP contribution < -0.4 is 0 Å². The minimum atomic E-state index is 0.512. The number of nitrogens with zero attached hydrogens (tertiary/aromatic N) is 3. The summed E-state index contributed by atoms with van der Waals surface area (Å²) in [5.41, 5.74) is 2.90. The van der Waals surface area contributed by atoms with Crippen molar-refractivity contribution in [2.45, 2.75) is 26.8 Å². The normalized spacial score (nSPS) is 10.6. The number of aryl methyl sites for hydroxylation is 2. The van der Waals surface area contributed by atoms with Gasteiger partial charge in [0.25, 0.3) is 0 Å². The first-order chi connectivity index (χ1) is 7.69. The maximum atomic E-state index is 5.05. The minimum Gasteiger partial charge on any atom is -0.335 e. The quantitative estimate of drug-likeness (QED) is 0.831. The summed E-state index contributed by atoms with van der Waals surface area (Å²) in [6.45, 7) is 5.03. The van der Waals surface area contributed by atoms with Crippen molar-refractivity contribution in [2.24, 2.45) is 0 Å². The second-order valence-electron chi connectivity index (χ2n) is 3.75. The van der Waals surface area contributed by atoms with Gasteiger partial charge in [-0.25, -0.2) is 4.98 Å². The fraction of sp³-hybridized carbons (Fsp3) is 0.364. The van der Waals surface area contributed by atoms with E-state index in [1.165, 1.54) is 0 Å². The van der Waals surface area contributed by atoms with Crippen molar-refractivity contribution in [3.63, 3.8) is 0 Å². The number of aromatic nitrogens is 4. The van der Waals surface area contributed by atoms with E-state index >= 15 is 0 Å². The number of aromatic amines is 1. The summed E-state index contributed by atoms with van der Waals surface area (Å²) < 4.78 is 2.43. The summed E-state index contributed by atoms with van der Waals surface area (Å²) >= 11 is 5.05. The molecule has 0 fully saturated rings. The number of hydrogen-bond acceptors (Lipinski definition) is 3. The van der Waals surface area contributed by atoms with Crippen molar-refractivity contribution >= 4 is 12.2 Å². The van der Waals surface area contributed by atoms with Crippen molar-refractivity contribution in [3.8, 4) is 11.3 Å². The van der Waals surface area contributed by atoms with Gasteiger partial charge in [-0.3, -0.25) is 4.68 Å². The lowest BCUT2D eigenvalue weighted by Gasteiger charge is -1.98. The molecule has 0 aliphatic rings. The maximum Gasteiger partial charge on any atom is 0.197 e. The molecule has 2 rings (SSSR count). The van der Waals surface area contributed by atoms with Gasteiger partial charge in [-0.15, -0.1) is 0 Å². The third-order valence-electron chi connectivity index (χ3n) is 2.26. The van der Waals surface area contributed by atoms with Gasteiger partial charge >= 0.3 is 0 Å². The van der Waals surface area contributed by atoms with Gasteiger partial charge in [0.05, 0.1) is 11.9 Å². The third kappa shape index (κ3) is 2.36. The predicted molar refractivity (Wildman–Crippen MR) is 65.7 cm³/mol. The van der Waals surface area contributed by atoms with E-state index in [1.54, 1.807) is 0 Å². The first kappa shape index (κ1) is 11.0. The molecule has 0 aliphatic heterocycles. The van der Waals surface area contributed by atoms with Gasteiger partial charge in [0.15, 0.2) is 4.77 Å². The predicted octanol–water partition coefficient (Wildman–Crippen LogP) is 2.72. The highest BCUT2D eigenvalue weighted by molar-refractivity contribution is 7.71. The molecule has 0 bridgehead atoms. The van der Waals surface area contributed by atoms with E-state index in [-0.39, 0.29) is 0 Å². The maximum absolute atomic E-state index is 5.05. The highest BCUT2D eigenvalue weighted by Gasteiger charge is 2.03. The molecule has 0 radical (unpaired) electrons. The highest BCUT2D eigenvalue weighted by Crippen LogP contribution is 2.16. The summed E-state index contributed by atoms with van der Waals surface area (Å²) in [6, 6.07) is 1.98. The van der Waals surface area contributed by atoms with Crippen LogP contribution in [0.4, 0.5) is 0 Å². The van der Waals surface area contributed by atoms with E-state index in [0.29, 0.717) is 4.77 Å². The average molecular weight is 234 g/mol. The molecule has 0 atom stereocenters. The number of H-pyrrole nitrogens is 1. The van der Waals surface area contributed by atoms with Crippen molar-refractivity contribution in [1.82, 2.24) is 19.7 Å². The van der Waals surface area contributed by atoms with E-state index in [4.69, 9.17) is 12.2 Å². The fourth-order valence-electron chi connectivity index (χ4n) is 1.57. The zero-order chi connectivity index (χ0) is 11.5. The second kappa shape index (κ2) is 4.57. The molecule has 2 aromatic heterocycles. The van der Waals surface area contributed by atoms with Gasteiger partial charge in [-0.1, -0.05) is 6.92 Å². The SMILES string of the molecule is CCCn1cc(-c2cc(C)[nH]c(=S)n2)cn1. The van der Waals surface area contributed by atoms with Crippen molar-refractivity contribution in [3.05, 3.63) is 28.9 Å². The smallest absolute Gasteiger partial charge is 0.197 e. The third-order valence-corrected chi connectivity index (χ3v) is 2.45. The standard InChI is InChI=1S/C11H14N4S/c1-3-4-15-7-9(6-12-15)10-5-8(2)13-11(16)14-10/h5-7H,3-4H2,1-2H3,(H,13,14,16). The van der Waals surface area contributed by atoms with Gasteiger partial charge in [0, 0.05) is 24.0 Å². The summed E-state index contributed by atoms with van der Waals surface area (Å²) in [6.07, 6.45) is 4.90. The Morgan fingerprint density at radius 1 is 1.50 bits per heavy atom. The Balaban J connectivity index is 2.38. The fourth-order valence-corrected chi connectivity index (χ4v) is 1.83. The van der Waals surface area contributed by atoms with Crippen molar-refractivity contribution in [2.75, 3.05) is 0 Å². The van der Waals surface area contributed by atoms with Crippen LogP contribution in [-0.2, 0) is 6.54 Å². The van der Waals surface area contributed by atoms with Gasteiger partial charge < -0.3 is 4.98 Å². The highest BCUT2D eigenvalue weighted by atomic mass is 32.1. The number of hydrogen-bond donors (Lipinski definition) is 1. The van der Waals surface area contributed by atoms with Crippen LogP contribution in [0.2, 0.25) is 0 Å². The molecule has 2 heterocycles. The molecule has 0 spiro atoms. The molecular formula is C11H14N4S. The Kier molecular flexibility index (Phi) is 3.14. The summed E-state index contributed by atoms with van der Waals surface area (Å²) in [5, 5.41) is 4.27. The Labute approximate surface area is 99.4 Å². The van der Waals surface area contributed by atoms with E-state index in [0.717, 1.165) is 29.9 Å². The van der Waals surface area contributed by atoms with E-state index in [9.17, 15) is 0 Å². The molecule has 0 amide bonds. The average Bonchev–Trinajstić information content (AvgIpc) is 2.65. The molecule has 16 heavy (non-hydrogen) atoms. The molecule has 4 nitrogen and oxygen atoms in total. The van der Waals surface area contributed by atoms with Crippen LogP contribution in [0.1, 0.15) is 19.0 Å². The van der Waals surface area contributed by atoms with Crippen LogP contribution in [0.5, 0.6) is 0 Å². The minimum absolute atomic E-state index is 0.512. The lowest BCUT2D eigenvalue weighted by molar-refractivity contribution is 0.603. The van der Waals surface area contributed by atoms with Crippen molar-refractivity contribution in [1.29, 1.82) is 0 Å². The first-order valence-electron chi connectivity index (χ1n) is 5.30. The lowest BCUT2D eigenvalue weighted by Crippen LogP contribution is -1.95. The summed E-state index contributed by atoms with van der Waals surface area (Å²) in [5.74, 6) is 0. The van der Waals surface area contributed by atoms with Crippen LogP contribution in [-0.4, -0.2) is 19.7 Å². The number of rotatable bonds is 3. The lowest BCUT2D eigenvalue weighted by atomic mass is 10.2. The van der Waals surface area contributed by atoms with Crippen LogP contribution in [0.3, 0.4) is 0 Å². The Bertz CT molecular complexity index is 541. The van der Waals surface area contributed by atoms with E-state index in [1.807, 2.05) is 30.1 Å². The van der Waals surface area contributed by atoms with E-state index in [2.05, 4.69) is 22.0 Å². The summed E-state index contributed by atoms with van der Waals surface area (Å²) in [4.78, 5) is 7.27. The van der Waals surface area contributed by atoms with Gasteiger partial charge in [-0.2, -0.15) is 5.10 Å². The van der Waals surface area contributed by atoms with Crippen LogP contribution in [0.25, 0.3) is 11.3 Å². The molecule has 5 heteroatoms. The van der Waals surface area contributed by atoms with Crippen molar-refractivity contribution < 1.29 is 0 Å². The molecule has 84 valence electrons. The molecule has 0 aliphatic carbocycles. The van der Waals surface area contributed by atoms with Gasteiger partial charge in [0.2, 0.25) is 0 Å².